The maximum Gasteiger partial charge on any atom is 0.136 e. The summed E-state index contributed by atoms with van der Waals surface area (Å²) in [5.41, 5.74) is 2.24. The largest absolute Gasteiger partial charge is 0.232 e. The second-order valence-corrected chi connectivity index (χ2v) is 6.95. The van der Waals surface area contributed by atoms with Crippen LogP contribution in [-0.2, 0) is 5.41 Å². The van der Waals surface area contributed by atoms with Crippen molar-refractivity contribution in [1.29, 1.82) is 0 Å². The molecular formula is C15H15Cl3N2. The topological polar surface area (TPSA) is 25.8 Å². The van der Waals surface area contributed by atoms with Gasteiger partial charge < -0.3 is 0 Å². The molecule has 2 aromatic rings. The summed E-state index contributed by atoms with van der Waals surface area (Å²) in [7, 11) is 0. The van der Waals surface area contributed by atoms with Gasteiger partial charge in [0.15, 0.2) is 0 Å². The lowest BCUT2D eigenvalue weighted by atomic mass is 9.95. The van der Waals surface area contributed by atoms with Gasteiger partial charge >= 0.3 is 0 Å². The maximum absolute atomic E-state index is 6.24. The van der Waals surface area contributed by atoms with Gasteiger partial charge in [-0.25, -0.2) is 9.97 Å². The molecule has 1 aromatic carbocycles. The highest BCUT2D eigenvalue weighted by Crippen LogP contribution is 2.32. The molecule has 5 heteroatoms. The number of halogens is 3. The van der Waals surface area contributed by atoms with Crippen LogP contribution in [0.15, 0.2) is 18.2 Å². The summed E-state index contributed by atoms with van der Waals surface area (Å²) in [5, 5.41) is 1.59. The van der Waals surface area contributed by atoms with Gasteiger partial charge in [-0.2, -0.15) is 0 Å². The van der Waals surface area contributed by atoms with Gasteiger partial charge in [-0.05, 0) is 25.1 Å². The summed E-state index contributed by atoms with van der Waals surface area (Å²) in [6.07, 6.45) is 0. The number of benzene rings is 1. The van der Waals surface area contributed by atoms with E-state index in [-0.39, 0.29) is 5.41 Å². The molecular weight excluding hydrogens is 315 g/mol. The van der Waals surface area contributed by atoms with Gasteiger partial charge in [0.2, 0.25) is 0 Å². The number of nitrogens with zero attached hydrogens (tertiary/aromatic N) is 2. The lowest BCUT2D eigenvalue weighted by Gasteiger charge is -2.19. The van der Waals surface area contributed by atoms with Crippen LogP contribution in [0.25, 0.3) is 11.3 Å². The van der Waals surface area contributed by atoms with E-state index < -0.39 is 0 Å². The van der Waals surface area contributed by atoms with E-state index in [0.717, 1.165) is 16.8 Å². The van der Waals surface area contributed by atoms with Gasteiger partial charge in [0.1, 0.15) is 11.0 Å². The molecule has 0 fully saturated rings. The summed E-state index contributed by atoms with van der Waals surface area (Å²) >= 11 is 18.4. The second kappa shape index (κ2) is 5.51. The molecule has 0 bridgehead atoms. The second-order valence-electron chi connectivity index (χ2n) is 5.72. The highest BCUT2D eigenvalue weighted by Gasteiger charge is 2.21. The zero-order valence-electron chi connectivity index (χ0n) is 11.8. The van der Waals surface area contributed by atoms with E-state index in [1.165, 1.54) is 0 Å². The molecule has 0 amide bonds. The normalized spacial score (nSPS) is 11.8. The monoisotopic (exact) mass is 328 g/mol. The van der Waals surface area contributed by atoms with E-state index in [1.807, 2.05) is 39.8 Å². The van der Waals surface area contributed by atoms with Gasteiger partial charge in [0.25, 0.3) is 0 Å². The molecule has 0 spiro atoms. The maximum atomic E-state index is 6.24. The third-order valence-corrected chi connectivity index (χ3v) is 3.70. The zero-order valence-corrected chi connectivity index (χ0v) is 14.0. The molecule has 1 heterocycles. The van der Waals surface area contributed by atoms with Crippen molar-refractivity contribution < 1.29 is 0 Å². The van der Waals surface area contributed by atoms with Crippen molar-refractivity contribution in [1.82, 2.24) is 9.97 Å². The summed E-state index contributed by atoms with van der Waals surface area (Å²) in [6.45, 7) is 8.02. The smallest absolute Gasteiger partial charge is 0.136 e. The number of hydrogen-bond acceptors (Lipinski definition) is 2. The molecule has 0 aliphatic carbocycles. The summed E-state index contributed by atoms with van der Waals surface area (Å²) < 4.78 is 0. The third kappa shape index (κ3) is 3.25. The molecule has 20 heavy (non-hydrogen) atoms. The molecule has 0 saturated heterocycles. The van der Waals surface area contributed by atoms with Gasteiger partial charge in [-0.3, -0.25) is 0 Å². The molecule has 2 nitrogen and oxygen atoms in total. The van der Waals surface area contributed by atoms with E-state index >= 15 is 0 Å². The lowest BCUT2D eigenvalue weighted by molar-refractivity contribution is 0.545. The first-order chi connectivity index (χ1) is 9.18. The fraction of sp³-hybridized carbons (Fsp3) is 0.333. The van der Waals surface area contributed by atoms with Crippen LogP contribution in [-0.4, -0.2) is 9.97 Å². The van der Waals surface area contributed by atoms with Crippen molar-refractivity contribution in [3.05, 3.63) is 44.8 Å². The fourth-order valence-corrected chi connectivity index (χ4v) is 2.49. The minimum Gasteiger partial charge on any atom is -0.232 e. The summed E-state index contributed by atoms with van der Waals surface area (Å²) in [5.74, 6) is 0.694. The Morgan fingerprint density at radius 3 is 1.95 bits per heavy atom. The molecule has 106 valence electrons. The van der Waals surface area contributed by atoms with Crippen LogP contribution < -0.4 is 0 Å². The van der Waals surface area contributed by atoms with E-state index in [2.05, 4.69) is 9.97 Å². The average Bonchev–Trinajstić information content (AvgIpc) is 2.29. The minimum absolute atomic E-state index is 0.186. The molecule has 1 aromatic heterocycles. The van der Waals surface area contributed by atoms with Crippen LogP contribution in [0.5, 0.6) is 0 Å². The summed E-state index contributed by atoms with van der Waals surface area (Å²) in [6, 6.07) is 5.34. The third-order valence-electron chi connectivity index (χ3n) is 2.89. The quantitative estimate of drug-likeness (QED) is 0.626. The predicted molar refractivity (Wildman–Crippen MR) is 85.9 cm³/mol. The van der Waals surface area contributed by atoms with Gasteiger partial charge in [-0.15, -0.1) is 0 Å². The molecule has 0 saturated carbocycles. The highest BCUT2D eigenvalue weighted by molar-refractivity contribution is 6.35. The predicted octanol–water partition coefficient (Wildman–Crippen LogP) is 5.71. The first kappa shape index (κ1) is 15.6. The highest BCUT2D eigenvalue weighted by atomic mass is 35.5. The van der Waals surface area contributed by atoms with Gasteiger partial charge in [-0.1, -0.05) is 55.6 Å². The van der Waals surface area contributed by atoms with Crippen LogP contribution >= 0.6 is 34.8 Å². The first-order valence-electron chi connectivity index (χ1n) is 6.19. The Hall–Kier alpha value is -0.830. The van der Waals surface area contributed by atoms with Crippen molar-refractivity contribution in [2.24, 2.45) is 0 Å². The average molecular weight is 330 g/mol. The van der Waals surface area contributed by atoms with E-state index in [9.17, 15) is 0 Å². The van der Waals surface area contributed by atoms with E-state index in [4.69, 9.17) is 34.8 Å². The fourth-order valence-electron chi connectivity index (χ4n) is 1.80. The van der Waals surface area contributed by atoms with Crippen molar-refractivity contribution in [2.45, 2.75) is 33.1 Å². The van der Waals surface area contributed by atoms with E-state index in [1.54, 1.807) is 6.07 Å². The number of rotatable bonds is 1. The first-order valence-corrected chi connectivity index (χ1v) is 7.33. The van der Waals surface area contributed by atoms with Crippen molar-refractivity contribution in [2.75, 3.05) is 0 Å². The SMILES string of the molecule is Cc1c(Cl)nc(C(C)(C)C)nc1-c1cc(Cl)cc(Cl)c1. The van der Waals surface area contributed by atoms with Gasteiger partial charge in [0.05, 0.1) is 5.69 Å². The molecule has 0 radical (unpaired) electrons. The molecule has 0 N–H and O–H groups in total. The molecule has 0 aliphatic rings. The van der Waals surface area contributed by atoms with Crippen LogP contribution in [0.3, 0.4) is 0 Å². The Morgan fingerprint density at radius 1 is 0.900 bits per heavy atom. The Bertz CT molecular complexity index is 641. The van der Waals surface area contributed by atoms with Crippen LogP contribution in [0, 0.1) is 6.92 Å². The standard InChI is InChI=1S/C15H15Cl3N2/c1-8-12(9-5-10(16)7-11(17)6-9)19-14(15(2,3)4)20-13(8)18/h5-7H,1-4H3. The molecule has 0 atom stereocenters. The van der Waals surface area contributed by atoms with Crippen molar-refractivity contribution in [3.63, 3.8) is 0 Å². The molecule has 2 rings (SSSR count). The van der Waals surface area contributed by atoms with Crippen LogP contribution in [0.1, 0.15) is 32.2 Å². The van der Waals surface area contributed by atoms with Crippen molar-refractivity contribution >= 4 is 34.8 Å². The van der Waals surface area contributed by atoms with E-state index in [0.29, 0.717) is 21.0 Å². The summed E-state index contributed by atoms with van der Waals surface area (Å²) in [4.78, 5) is 9.01. The van der Waals surface area contributed by atoms with Crippen LogP contribution in [0.4, 0.5) is 0 Å². The molecule has 0 unspecified atom stereocenters. The minimum atomic E-state index is -0.186. The van der Waals surface area contributed by atoms with Crippen molar-refractivity contribution in [3.8, 4) is 11.3 Å². The Morgan fingerprint density at radius 2 is 1.45 bits per heavy atom. The number of aromatic nitrogens is 2. The Labute approximate surface area is 134 Å². The molecule has 0 aliphatic heterocycles. The number of hydrogen-bond donors (Lipinski definition) is 0. The van der Waals surface area contributed by atoms with Crippen LogP contribution in [0.2, 0.25) is 15.2 Å². The zero-order chi connectivity index (χ0) is 15.1. The Kier molecular flexibility index (Phi) is 4.29. The lowest BCUT2D eigenvalue weighted by Crippen LogP contribution is -2.17. The Balaban J connectivity index is 2.70. The van der Waals surface area contributed by atoms with Gasteiger partial charge in [0, 0.05) is 26.6 Å².